The number of likely N-dealkylation sites (tertiary alicyclic amines) is 1. The van der Waals surface area contributed by atoms with Crippen molar-refractivity contribution >= 4 is 38.3 Å². The van der Waals surface area contributed by atoms with Crippen LogP contribution in [0.5, 0.6) is 11.5 Å². The third-order valence-corrected chi connectivity index (χ3v) is 14.1. The number of sulfonamides is 1. The molecule has 0 spiro atoms. The molecule has 4 aliphatic rings. The molecule has 308 valence electrons. The van der Waals surface area contributed by atoms with Gasteiger partial charge in [0.2, 0.25) is 0 Å². The number of hydrogen-bond acceptors (Lipinski definition) is 10. The number of hydrogen-bond donors (Lipinski definition) is 3. The first-order valence-corrected chi connectivity index (χ1v) is 22.4. The molecule has 13 nitrogen and oxygen atoms in total. The smallest absolute Gasteiger partial charge is 0.293 e. The van der Waals surface area contributed by atoms with Gasteiger partial charge in [0.1, 0.15) is 22.8 Å². The summed E-state index contributed by atoms with van der Waals surface area (Å²) in [5, 5.41) is 16.0. The van der Waals surface area contributed by atoms with Gasteiger partial charge in [0, 0.05) is 49.5 Å². The van der Waals surface area contributed by atoms with Crippen LogP contribution in [0.25, 0.3) is 11.0 Å². The van der Waals surface area contributed by atoms with Crippen molar-refractivity contribution in [2.45, 2.75) is 93.0 Å². The van der Waals surface area contributed by atoms with E-state index in [2.05, 4.69) is 49.2 Å². The fraction of sp³-hybridized carbons (Fsp3) is 0.422. The number of carbonyl (C=O) groups excluding carboxylic acids is 1. The molecule has 0 radical (unpaired) electrons. The molecular formula is C45H50N6O7S. The molecule has 0 bridgehead atoms. The maximum atomic E-state index is 13.9. The molecule has 59 heavy (non-hydrogen) atoms. The lowest BCUT2D eigenvalue weighted by atomic mass is 9.80. The van der Waals surface area contributed by atoms with Crippen molar-refractivity contribution in [1.29, 1.82) is 0 Å². The van der Waals surface area contributed by atoms with Gasteiger partial charge < -0.3 is 19.8 Å². The Morgan fingerprint density at radius 3 is 2.47 bits per heavy atom. The number of nitrogens with zero attached hydrogens (tertiary/aromatic N) is 3. The van der Waals surface area contributed by atoms with Crippen LogP contribution >= 0.6 is 0 Å². The molecule has 1 atom stereocenters. The summed E-state index contributed by atoms with van der Waals surface area (Å²) in [6.45, 7) is 2.88. The quantitative estimate of drug-likeness (QED) is 0.0770. The number of nitro benzene ring substituents is 1. The molecule has 2 saturated heterocycles. The van der Waals surface area contributed by atoms with E-state index in [9.17, 15) is 23.3 Å². The van der Waals surface area contributed by atoms with Crippen molar-refractivity contribution in [3.63, 3.8) is 0 Å². The van der Waals surface area contributed by atoms with E-state index in [0.29, 0.717) is 43.2 Å². The molecule has 0 unspecified atom stereocenters. The first-order valence-electron chi connectivity index (χ1n) is 21.0. The largest absolute Gasteiger partial charge is 0.455 e. The Kier molecular flexibility index (Phi) is 11.1. The molecule has 9 rings (SSSR count). The van der Waals surface area contributed by atoms with Gasteiger partial charge in [0.25, 0.3) is 21.6 Å². The molecule has 1 amide bonds. The monoisotopic (exact) mass is 818 g/mol. The third kappa shape index (κ3) is 8.57. The van der Waals surface area contributed by atoms with Crippen molar-refractivity contribution in [2.75, 3.05) is 31.6 Å². The summed E-state index contributed by atoms with van der Waals surface area (Å²) >= 11 is 0. The zero-order chi connectivity index (χ0) is 40.5. The van der Waals surface area contributed by atoms with Crippen molar-refractivity contribution in [1.82, 2.24) is 19.6 Å². The van der Waals surface area contributed by atoms with E-state index >= 15 is 0 Å². The standard InChI is InChI=1S/C45H50N6O7S/c52-45(49-59(55,56)36-14-16-40(42(26-36)51(53)54)47-27-29-18-22-57-23-19-29)39-15-11-32(25-43(39)58-35-24-33-17-20-46-44(33)48-28-35)30-9-12-34(13-10-30)50-21-3-6-41(50)38-5-2-1-4-37(38)31-7-8-31/h1-2,4-5,11,14-17,20,24-26,28-31,34,41,47H,3,6-10,12-13,18-19,21-23,27H2,(H,46,48)(H,49,52)/t30?,34?,41-/m1/s1. The number of benzene rings is 3. The number of anilines is 1. The van der Waals surface area contributed by atoms with Crippen LogP contribution < -0.4 is 14.8 Å². The summed E-state index contributed by atoms with van der Waals surface area (Å²) in [5.41, 5.74) is 4.59. The molecule has 3 aromatic carbocycles. The second-order valence-electron chi connectivity index (χ2n) is 16.6. The number of H-pyrrole nitrogens is 1. The summed E-state index contributed by atoms with van der Waals surface area (Å²) < 4.78 is 41.3. The zero-order valence-electron chi connectivity index (χ0n) is 33.0. The summed E-state index contributed by atoms with van der Waals surface area (Å²) in [6, 6.07) is 22.7. The molecule has 4 fully saturated rings. The van der Waals surface area contributed by atoms with E-state index in [1.54, 1.807) is 30.1 Å². The Morgan fingerprint density at radius 1 is 0.915 bits per heavy atom. The SMILES string of the molecule is O=C(NS(=O)(=O)c1ccc(NCC2CCOCC2)c([N+](=O)[O-])c1)c1ccc(C2CCC(N3CCC[C@@H]3c3ccccc3C3CC3)CC2)cc1Oc1cnc2[nH]ccc2c1. The number of aromatic nitrogens is 2. The summed E-state index contributed by atoms with van der Waals surface area (Å²) in [7, 11) is -4.53. The number of pyridine rings is 1. The lowest BCUT2D eigenvalue weighted by Crippen LogP contribution is -2.37. The van der Waals surface area contributed by atoms with Crippen LogP contribution in [0.4, 0.5) is 11.4 Å². The summed E-state index contributed by atoms with van der Waals surface area (Å²) in [4.78, 5) is 35.2. The number of ether oxygens (including phenoxy) is 2. The summed E-state index contributed by atoms with van der Waals surface area (Å²) in [6.07, 6.45) is 14.1. The number of nitro groups is 1. The van der Waals surface area contributed by atoms with Crippen LogP contribution in [-0.4, -0.2) is 66.5 Å². The van der Waals surface area contributed by atoms with Gasteiger partial charge in [0.05, 0.1) is 21.6 Å². The van der Waals surface area contributed by atoms with Crippen LogP contribution in [0.1, 0.15) is 109 Å². The molecular weight excluding hydrogens is 769 g/mol. The topological polar surface area (TPSA) is 169 Å². The van der Waals surface area contributed by atoms with Gasteiger partial charge in [-0.3, -0.25) is 19.8 Å². The molecule has 5 aromatic rings. The Hall–Kier alpha value is -5.31. The first-order chi connectivity index (χ1) is 28.7. The van der Waals surface area contributed by atoms with Crippen LogP contribution in [-0.2, 0) is 14.8 Å². The molecule has 2 saturated carbocycles. The van der Waals surface area contributed by atoms with Gasteiger partial charge in [-0.1, -0.05) is 30.3 Å². The highest BCUT2D eigenvalue weighted by atomic mass is 32.2. The Bertz CT molecular complexity index is 2450. The lowest BCUT2D eigenvalue weighted by Gasteiger charge is -2.39. The molecule has 4 heterocycles. The predicted molar refractivity (Wildman–Crippen MR) is 224 cm³/mol. The highest BCUT2D eigenvalue weighted by Gasteiger charge is 2.37. The average molecular weight is 819 g/mol. The highest BCUT2D eigenvalue weighted by molar-refractivity contribution is 7.90. The normalized spacial score (nSPS) is 21.7. The number of carbonyl (C=O) groups is 1. The number of fused-ring (bicyclic) bond motifs is 1. The van der Waals surface area contributed by atoms with Gasteiger partial charge in [-0.2, -0.15) is 0 Å². The Morgan fingerprint density at radius 2 is 1.69 bits per heavy atom. The highest BCUT2D eigenvalue weighted by Crippen LogP contribution is 2.48. The Balaban J connectivity index is 0.932. The van der Waals surface area contributed by atoms with Crippen molar-refractivity contribution in [3.05, 3.63) is 118 Å². The minimum absolute atomic E-state index is 0.0126. The number of amides is 1. The molecule has 2 aliphatic heterocycles. The van der Waals surface area contributed by atoms with Gasteiger partial charge in [0.15, 0.2) is 0 Å². The zero-order valence-corrected chi connectivity index (χ0v) is 33.8. The van der Waals surface area contributed by atoms with E-state index in [-0.39, 0.29) is 28.8 Å². The van der Waals surface area contributed by atoms with Gasteiger partial charge in [-0.05, 0) is 142 Å². The summed E-state index contributed by atoms with van der Waals surface area (Å²) in [5.74, 6) is 0.909. The fourth-order valence-electron chi connectivity index (χ4n) is 9.47. The molecule has 2 aliphatic carbocycles. The Labute approximate surface area is 344 Å². The van der Waals surface area contributed by atoms with E-state index in [1.165, 1.54) is 43.4 Å². The van der Waals surface area contributed by atoms with Gasteiger partial charge in [-0.25, -0.2) is 18.1 Å². The first kappa shape index (κ1) is 39.2. The van der Waals surface area contributed by atoms with Crippen LogP contribution in [0.2, 0.25) is 0 Å². The number of rotatable bonds is 13. The maximum Gasteiger partial charge on any atom is 0.293 e. The maximum absolute atomic E-state index is 13.9. The number of aromatic amines is 1. The lowest BCUT2D eigenvalue weighted by molar-refractivity contribution is -0.384. The second kappa shape index (κ2) is 16.7. The van der Waals surface area contributed by atoms with Crippen molar-refractivity contribution in [3.8, 4) is 11.5 Å². The minimum atomic E-state index is -4.53. The minimum Gasteiger partial charge on any atom is -0.455 e. The van der Waals surface area contributed by atoms with Gasteiger partial charge >= 0.3 is 0 Å². The fourth-order valence-corrected chi connectivity index (χ4v) is 10.5. The van der Waals surface area contributed by atoms with E-state index < -0.39 is 31.4 Å². The van der Waals surface area contributed by atoms with Crippen LogP contribution in [0.3, 0.4) is 0 Å². The molecule has 3 N–H and O–H groups in total. The van der Waals surface area contributed by atoms with Crippen LogP contribution in [0.15, 0.2) is 90.1 Å². The van der Waals surface area contributed by atoms with E-state index in [4.69, 9.17) is 9.47 Å². The van der Waals surface area contributed by atoms with Crippen molar-refractivity contribution in [2.24, 2.45) is 5.92 Å². The average Bonchev–Trinajstić information content (AvgIpc) is 3.79. The van der Waals surface area contributed by atoms with Crippen LogP contribution in [0, 0.1) is 16.0 Å². The van der Waals surface area contributed by atoms with E-state index in [0.717, 1.165) is 68.0 Å². The molecule has 2 aromatic heterocycles. The second-order valence-corrected chi connectivity index (χ2v) is 18.2. The van der Waals surface area contributed by atoms with Crippen molar-refractivity contribution < 1.29 is 27.6 Å². The number of nitrogens with one attached hydrogen (secondary N) is 3. The van der Waals surface area contributed by atoms with E-state index in [1.807, 2.05) is 18.2 Å². The predicted octanol–water partition coefficient (Wildman–Crippen LogP) is 8.96. The molecule has 14 heteroatoms. The van der Waals surface area contributed by atoms with Gasteiger partial charge in [-0.15, -0.1) is 0 Å². The third-order valence-electron chi connectivity index (χ3n) is 12.8.